The van der Waals surface area contributed by atoms with Crippen LogP contribution in [0.15, 0.2) is 34.9 Å². The van der Waals surface area contributed by atoms with Crippen molar-refractivity contribution < 1.29 is 4.42 Å². The summed E-state index contributed by atoms with van der Waals surface area (Å²) in [5.41, 5.74) is 3.35. The second-order valence-electron chi connectivity index (χ2n) is 4.22. The van der Waals surface area contributed by atoms with Crippen LogP contribution in [0.4, 0.5) is 0 Å². The lowest BCUT2D eigenvalue weighted by molar-refractivity contribution is 0.528. The van der Waals surface area contributed by atoms with Crippen molar-refractivity contribution >= 4 is 11.6 Å². The van der Waals surface area contributed by atoms with Gasteiger partial charge in [0.1, 0.15) is 5.76 Å². The van der Waals surface area contributed by atoms with Gasteiger partial charge in [-0.2, -0.15) is 0 Å². The minimum atomic E-state index is 0.116. The number of aryl methyl sites for hydroxylation is 2. The minimum absolute atomic E-state index is 0.116. The van der Waals surface area contributed by atoms with Gasteiger partial charge < -0.3 is 9.73 Å². The molecule has 1 atom stereocenters. The molecule has 90 valence electrons. The highest BCUT2D eigenvalue weighted by molar-refractivity contribution is 6.31. The molecule has 0 fully saturated rings. The Labute approximate surface area is 107 Å². The van der Waals surface area contributed by atoms with Crippen molar-refractivity contribution in [3.05, 3.63) is 58.0 Å². The molecule has 0 aliphatic carbocycles. The van der Waals surface area contributed by atoms with E-state index in [2.05, 4.69) is 11.4 Å². The largest absolute Gasteiger partial charge is 0.469 e. The lowest BCUT2D eigenvalue weighted by atomic mass is 10.00. The van der Waals surface area contributed by atoms with Gasteiger partial charge in [0.25, 0.3) is 0 Å². The third-order valence-corrected chi connectivity index (χ3v) is 3.31. The van der Waals surface area contributed by atoms with Crippen molar-refractivity contribution in [1.29, 1.82) is 0 Å². The Hall–Kier alpha value is -1.25. The van der Waals surface area contributed by atoms with Crippen LogP contribution in [0.3, 0.4) is 0 Å². The maximum Gasteiger partial charge on any atom is 0.101 e. The Morgan fingerprint density at radius 1 is 1.18 bits per heavy atom. The molecule has 1 heterocycles. The zero-order valence-electron chi connectivity index (χ0n) is 10.3. The zero-order valence-corrected chi connectivity index (χ0v) is 11.0. The first-order valence-corrected chi connectivity index (χ1v) is 5.98. The molecule has 17 heavy (non-hydrogen) atoms. The van der Waals surface area contributed by atoms with Crippen LogP contribution < -0.4 is 5.32 Å². The molecular weight excluding hydrogens is 234 g/mol. The molecule has 0 amide bonds. The molecule has 1 unspecified atom stereocenters. The van der Waals surface area contributed by atoms with E-state index in [9.17, 15) is 0 Å². The lowest BCUT2D eigenvalue weighted by Gasteiger charge is -2.15. The number of hydrogen-bond donors (Lipinski definition) is 1. The van der Waals surface area contributed by atoms with Crippen molar-refractivity contribution in [2.24, 2.45) is 0 Å². The number of halogens is 1. The third kappa shape index (κ3) is 2.54. The van der Waals surface area contributed by atoms with E-state index in [0.717, 1.165) is 27.5 Å². The summed E-state index contributed by atoms with van der Waals surface area (Å²) in [5, 5.41) is 4.07. The first kappa shape index (κ1) is 12.2. The molecule has 1 aromatic heterocycles. The van der Waals surface area contributed by atoms with Crippen LogP contribution in [0.2, 0.25) is 5.02 Å². The van der Waals surface area contributed by atoms with Gasteiger partial charge in [-0.1, -0.05) is 23.7 Å². The number of hydrogen-bond acceptors (Lipinski definition) is 2. The number of nitrogens with one attached hydrogen (secondary N) is 1. The second-order valence-corrected chi connectivity index (χ2v) is 4.63. The smallest absolute Gasteiger partial charge is 0.101 e. The topological polar surface area (TPSA) is 25.2 Å². The Morgan fingerprint density at radius 2 is 1.94 bits per heavy atom. The Balaban J connectivity index is 2.38. The van der Waals surface area contributed by atoms with Gasteiger partial charge in [0.15, 0.2) is 0 Å². The van der Waals surface area contributed by atoms with Crippen LogP contribution >= 0.6 is 11.6 Å². The molecule has 0 aliphatic rings. The van der Waals surface area contributed by atoms with Crippen molar-refractivity contribution in [1.82, 2.24) is 5.32 Å². The average molecular weight is 250 g/mol. The maximum atomic E-state index is 6.16. The SMILES string of the molecule is CNC(c1coc(C)c1)c1ccc(C)c(Cl)c1. The summed E-state index contributed by atoms with van der Waals surface area (Å²) in [7, 11) is 1.93. The van der Waals surface area contributed by atoms with Crippen LogP contribution in [0.1, 0.15) is 28.5 Å². The van der Waals surface area contributed by atoms with E-state index in [-0.39, 0.29) is 6.04 Å². The monoisotopic (exact) mass is 249 g/mol. The first-order chi connectivity index (χ1) is 8.11. The minimum Gasteiger partial charge on any atom is -0.469 e. The predicted molar refractivity (Wildman–Crippen MR) is 70.5 cm³/mol. The van der Waals surface area contributed by atoms with Crippen LogP contribution in [0.25, 0.3) is 0 Å². The molecule has 0 saturated heterocycles. The first-order valence-electron chi connectivity index (χ1n) is 5.60. The van der Waals surface area contributed by atoms with Gasteiger partial charge in [0.05, 0.1) is 12.3 Å². The average Bonchev–Trinajstić information content (AvgIpc) is 2.71. The molecule has 1 aromatic carbocycles. The molecule has 0 bridgehead atoms. The van der Waals surface area contributed by atoms with E-state index in [1.165, 1.54) is 0 Å². The van der Waals surface area contributed by atoms with Crippen LogP contribution in [-0.4, -0.2) is 7.05 Å². The van der Waals surface area contributed by atoms with Crippen LogP contribution in [-0.2, 0) is 0 Å². The standard InChI is InChI=1S/C14H16ClNO/c1-9-4-5-11(7-13(9)15)14(16-3)12-6-10(2)17-8-12/h4-8,14,16H,1-3H3. The maximum absolute atomic E-state index is 6.16. The molecule has 0 radical (unpaired) electrons. The van der Waals surface area contributed by atoms with Crippen molar-refractivity contribution in [3.63, 3.8) is 0 Å². The molecule has 2 nitrogen and oxygen atoms in total. The fraction of sp³-hybridized carbons (Fsp3) is 0.286. The molecule has 3 heteroatoms. The van der Waals surface area contributed by atoms with Crippen molar-refractivity contribution in [2.75, 3.05) is 7.05 Å². The summed E-state index contributed by atoms with van der Waals surface area (Å²) in [4.78, 5) is 0. The number of rotatable bonds is 3. The lowest BCUT2D eigenvalue weighted by Crippen LogP contribution is -2.17. The van der Waals surface area contributed by atoms with E-state index < -0.39 is 0 Å². The summed E-state index contributed by atoms with van der Waals surface area (Å²) in [6.07, 6.45) is 1.78. The summed E-state index contributed by atoms with van der Waals surface area (Å²) in [6.45, 7) is 3.95. The highest BCUT2D eigenvalue weighted by Gasteiger charge is 2.14. The normalized spacial score (nSPS) is 12.7. The molecule has 2 aromatic rings. The van der Waals surface area contributed by atoms with Crippen LogP contribution in [0.5, 0.6) is 0 Å². The number of furan rings is 1. The summed E-state index contributed by atoms with van der Waals surface area (Å²) < 4.78 is 5.35. The van der Waals surface area contributed by atoms with Gasteiger partial charge in [0.2, 0.25) is 0 Å². The van der Waals surface area contributed by atoms with Crippen LogP contribution in [0, 0.1) is 13.8 Å². The van der Waals surface area contributed by atoms with Gasteiger partial charge in [-0.3, -0.25) is 0 Å². The van der Waals surface area contributed by atoms with E-state index in [0.29, 0.717) is 0 Å². The molecule has 1 N–H and O–H groups in total. The van der Waals surface area contributed by atoms with E-state index in [1.807, 2.05) is 39.1 Å². The fourth-order valence-electron chi connectivity index (χ4n) is 1.93. The third-order valence-electron chi connectivity index (χ3n) is 2.90. The quantitative estimate of drug-likeness (QED) is 0.894. The summed E-state index contributed by atoms with van der Waals surface area (Å²) >= 11 is 6.16. The predicted octanol–water partition coefficient (Wildman–Crippen LogP) is 3.86. The highest BCUT2D eigenvalue weighted by atomic mass is 35.5. The van der Waals surface area contributed by atoms with Gasteiger partial charge >= 0.3 is 0 Å². The van der Waals surface area contributed by atoms with Crippen molar-refractivity contribution in [3.8, 4) is 0 Å². The summed E-state index contributed by atoms with van der Waals surface area (Å²) in [6, 6.07) is 8.28. The molecule has 0 aliphatic heterocycles. The van der Waals surface area contributed by atoms with Gasteiger partial charge in [-0.15, -0.1) is 0 Å². The molecule has 2 rings (SSSR count). The second kappa shape index (κ2) is 4.94. The summed E-state index contributed by atoms with van der Waals surface area (Å²) in [5.74, 6) is 0.915. The molecular formula is C14H16ClNO. The van der Waals surface area contributed by atoms with E-state index >= 15 is 0 Å². The fourth-order valence-corrected chi connectivity index (χ4v) is 2.12. The molecule has 0 saturated carbocycles. The highest BCUT2D eigenvalue weighted by Crippen LogP contribution is 2.27. The Kier molecular flexibility index (Phi) is 3.55. The van der Waals surface area contributed by atoms with Gasteiger partial charge in [0, 0.05) is 10.6 Å². The van der Waals surface area contributed by atoms with Crippen molar-refractivity contribution in [2.45, 2.75) is 19.9 Å². The van der Waals surface area contributed by atoms with E-state index in [4.69, 9.17) is 16.0 Å². The Bertz CT molecular complexity index is 519. The molecule has 0 spiro atoms. The number of benzene rings is 1. The Morgan fingerprint density at radius 3 is 2.47 bits per heavy atom. The zero-order chi connectivity index (χ0) is 12.4. The van der Waals surface area contributed by atoms with E-state index in [1.54, 1.807) is 6.26 Å². The van der Waals surface area contributed by atoms with Gasteiger partial charge in [-0.05, 0) is 44.2 Å². The van der Waals surface area contributed by atoms with Gasteiger partial charge in [-0.25, -0.2) is 0 Å².